The highest BCUT2D eigenvalue weighted by Crippen LogP contribution is 2.26. The fourth-order valence-electron chi connectivity index (χ4n) is 1.92. The standard InChI is InChI=1S/C16H20N2O2/c1-3-19-14-7-4-8-15(11-14)20-16-13(10-12(2)17)6-5-9-18-16/h4-9,11-12H,3,10,17H2,1-2H3. The number of hydrogen-bond donors (Lipinski definition) is 1. The van der Waals surface area contributed by atoms with Gasteiger partial charge in [-0.1, -0.05) is 12.1 Å². The molecule has 0 fully saturated rings. The topological polar surface area (TPSA) is 57.4 Å². The van der Waals surface area contributed by atoms with Crippen molar-refractivity contribution in [2.24, 2.45) is 5.73 Å². The first-order chi connectivity index (χ1) is 9.69. The van der Waals surface area contributed by atoms with Crippen molar-refractivity contribution in [1.29, 1.82) is 0 Å². The number of rotatable bonds is 6. The molecule has 1 atom stereocenters. The van der Waals surface area contributed by atoms with Crippen LogP contribution in [0.4, 0.5) is 0 Å². The lowest BCUT2D eigenvalue weighted by molar-refractivity contribution is 0.337. The monoisotopic (exact) mass is 272 g/mol. The maximum atomic E-state index is 5.85. The zero-order valence-electron chi connectivity index (χ0n) is 11.9. The van der Waals surface area contributed by atoms with Crippen LogP contribution in [0.15, 0.2) is 42.6 Å². The molecule has 2 aromatic rings. The minimum absolute atomic E-state index is 0.0660. The summed E-state index contributed by atoms with van der Waals surface area (Å²) >= 11 is 0. The van der Waals surface area contributed by atoms with E-state index < -0.39 is 0 Å². The van der Waals surface area contributed by atoms with Crippen LogP contribution in [0, 0.1) is 0 Å². The van der Waals surface area contributed by atoms with Crippen molar-refractivity contribution in [3.63, 3.8) is 0 Å². The van der Waals surface area contributed by atoms with Crippen molar-refractivity contribution < 1.29 is 9.47 Å². The fourth-order valence-corrected chi connectivity index (χ4v) is 1.92. The lowest BCUT2D eigenvalue weighted by Gasteiger charge is -2.12. The van der Waals surface area contributed by atoms with E-state index in [4.69, 9.17) is 15.2 Å². The van der Waals surface area contributed by atoms with Crippen LogP contribution in [0.2, 0.25) is 0 Å². The van der Waals surface area contributed by atoms with Crippen LogP contribution in [0.1, 0.15) is 19.4 Å². The molecule has 0 aliphatic heterocycles. The number of nitrogens with two attached hydrogens (primary N) is 1. The second kappa shape index (κ2) is 6.91. The molecule has 0 spiro atoms. The Morgan fingerprint density at radius 3 is 2.75 bits per heavy atom. The molecular weight excluding hydrogens is 252 g/mol. The predicted molar refractivity (Wildman–Crippen MR) is 79.3 cm³/mol. The smallest absolute Gasteiger partial charge is 0.222 e. The van der Waals surface area contributed by atoms with Gasteiger partial charge in [0.05, 0.1) is 6.61 Å². The first kappa shape index (κ1) is 14.3. The zero-order chi connectivity index (χ0) is 14.4. The second-order valence-corrected chi connectivity index (χ2v) is 4.66. The van der Waals surface area contributed by atoms with E-state index in [0.717, 1.165) is 17.7 Å². The van der Waals surface area contributed by atoms with Crippen molar-refractivity contribution in [1.82, 2.24) is 4.98 Å². The van der Waals surface area contributed by atoms with E-state index in [1.54, 1.807) is 6.20 Å². The highest BCUT2D eigenvalue weighted by Gasteiger charge is 2.08. The van der Waals surface area contributed by atoms with E-state index in [-0.39, 0.29) is 6.04 Å². The van der Waals surface area contributed by atoms with Crippen molar-refractivity contribution in [3.05, 3.63) is 48.2 Å². The summed E-state index contributed by atoms with van der Waals surface area (Å²) in [7, 11) is 0. The van der Waals surface area contributed by atoms with Crippen molar-refractivity contribution in [3.8, 4) is 17.4 Å². The summed E-state index contributed by atoms with van der Waals surface area (Å²) in [6.07, 6.45) is 2.45. The molecule has 0 amide bonds. The van der Waals surface area contributed by atoms with Crippen LogP contribution < -0.4 is 15.2 Å². The fraction of sp³-hybridized carbons (Fsp3) is 0.312. The van der Waals surface area contributed by atoms with E-state index in [1.807, 2.05) is 50.2 Å². The first-order valence-corrected chi connectivity index (χ1v) is 6.79. The Morgan fingerprint density at radius 2 is 2.00 bits per heavy atom. The van der Waals surface area contributed by atoms with E-state index in [9.17, 15) is 0 Å². The van der Waals surface area contributed by atoms with Crippen molar-refractivity contribution in [2.75, 3.05) is 6.61 Å². The number of ether oxygens (including phenoxy) is 2. The molecule has 0 bridgehead atoms. The maximum Gasteiger partial charge on any atom is 0.222 e. The van der Waals surface area contributed by atoms with Gasteiger partial charge in [0.25, 0.3) is 0 Å². The molecule has 0 aliphatic rings. The normalized spacial score (nSPS) is 11.9. The lowest BCUT2D eigenvalue weighted by atomic mass is 10.1. The Hall–Kier alpha value is -2.07. The van der Waals surface area contributed by atoms with Crippen molar-refractivity contribution >= 4 is 0 Å². The van der Waals surface area contributed by atoms with Gasteiger partial charge in [-0.25, -0.2) is 4.98 Å². The maximum absolute atomic E-state index is 5.85. The third-order valence-corrected chi connectivity index (χ3v) is 2.72. The summed E-state index contributed by atoms with van der Waals surface area (Å²) in [6.45, 7) is 4.54. The van der Waals surface area contributed by atoms with Crippen LogP contribution >= 0.6 is 0 Å². The molecule has 1 heterocycles. The Labute approximate surface area is 119 Å². The Kier molecular flexibility index (Phi) is 4.96. The molecule has 2 N–H and O–H groups in total. The SMILES string of the molecule is CCOc1cccc(Oc2ncccc2CC(C)N)c1. The zero-order valence-corrected chi connectivity index (χ0v) is 11.9. The number of nitrogens with zero attached hydrogens (tertiary/aromatic N) is 1. The van der Waals surface area contributed by atoms with Crippen LogP contribution in [0.25, 0.3) is 0 Å². The molecule has 1 aromatic carbocycles. The summed E-state index contributed by atoms with van der Waals surface area (Å²) in [5.41, 5.74) is 6.85. The summed E-state index contributed by atoms with van der Waals surface area (Å²) in [6, 6.07) is 11.5. The minimum Gasteiger partial charge on any atom is -0.494 e. The van der Waals surface area contributed by atoms with Crippen molar-refractivity contribution in [2.45, 2.75) is 26.3 Å². The number of hydrogen-bond acceptors (Lipinski definition) is 4. The van der Waals surface area contributed by atoms with Gasteiger partial charge in [0.2, 0.25) is 5.88 Å². The Bertz CT molecular complexity index is 556. The molecule has 20 heavy (non-hydrogen) atoms. The molecule has 0 saturated carbocycles. The van der Waals surface area contributed by atoms with E-state index in [0.29, 0.717) is 18.2 Å². The third kappa shape index (κ3) is 3.96. The van der Waals surface area contributed by atoms with Crippen LogP contribution in [0.3, 0.4) is 0 Å². The molecule has 0 aliphatic carbocycles. The van der Waals surface area contributed by atoms with Gasteiger partial charge in [-0.2, -0.15) is 0 Å². The summed E-state index contributed by atoms with van der Waals surface area (Å²) < 4.78 is 11.3. The summed E-state index contributed by atoms with van der Waals surface area (Å²) in [4.78, 5) is 4.28. The lowest BCUT2D eigenvalue weighted by Crippen LogP contribution is -2.18. The van der Waals surface area contributed by atoms with E-state index in [2.05, 4.69) is 4.98 Å². The highest BCUT2D eigenvalue weighted by atomic mass is 16.5. The largest absolute Gasteiger partial charge is 0.494 e. The van der Waals surface area contributed by atoms with Crippen LogP contribution in [-0.4, -0.2) is 17.6 Å². The average molecular weight is 272 g/mol. The summed E-state index contributed by atoms with van der Waals surface area (Å²) in [5.74, 6) is 2.09. The number of pyridine rings is 1. The molecule has 1 aromatic heterocycles. The van der Waals surface area contributed by atoms with Gasteiger partial charge >= 0.3 is 0 Å². The molecule has 2 rings (SSSR count). The molecular formula is C16H20N2O2. The van der Waals surface area contributed by atoms with Gasteiger partial charge in [0, 0.05) is 23.9 Å². The average Bonchev–Trinajstić information content (AvgIpc) is 2.41. The van der Waals surface area contributed by atoms with Gasteiger partial charge in [0.15, 0.2) is 0 Å². The van der Waals surface area contributed by atoms with Gasteiger partial charge in [-0.15, -0.1) is 0 Å². The predicted octanol–water partition coefficient (Wildman–Crippen LogP) is 3.16. The van der Waals surface area contributed by atoms with E-state index >= 15 is 0 Å². The first-order valence-electron chi connectivity index (χ1n) is 6.79. The number of benzene rings is 1. The van der Waals surface area contributed by atoms with Gasteiger partial charge < -0.3 is 15.2 Å². The van der Waals surface area contributed by atoms with Gasteiger partial charge in [-0.3, -0.25) is 0 Å². The Balaban J connectivity index is 2.19. The number of aromatic nitrogens is 1. The van der Waals surface area contributed by atoms with Gasteiger partial charge in [-0.05, 0) is 38.5 Å². The quantitative estimate of drug-likeness (QED) is 0.877. The van der Waals surface area contributed by atoms with Crippen LogP contribution in [-0.2, 0) is 6.42 Å². The summed E-state index contributed by atoms with van der Waals surface area (Å²) in [5, 5.41) is 0. The second-order valence-electron chi connectivity index (χ2n) is 4.66. The molecule has 0 radical (unpaired) electrons. The van der Waals surface area contributed by atoms with Crippen LogP contribution in [0.5, 0.6) is 17.4 Å². The molecule has 4 heteroatoms. The molecule has 0 saturated heterocycles. The third-order valence-electron chi connectivity index (χ3n) is 2.72. The molecule has 4 nitrogen and oxygen atoms in total. The van der Waals surface area contributed by atoms with Gasteiger partial charge in [0.1, 0.15) is 11.5 Å². The highest BCUT2D eigenvalue weighted by molar-refractivity contribution is 5.37. The minimum atomic E-state index is 0.0660. The Morgan fingerprint density at radius 1 is 1.20 bits per heavy atom. The molecule has 106 valence electrons. The molecule has 1 unspecified atom stereocenters. The van der Waals surface area contributed by atoms with E-state index in [1.165, 1.54) is 0 Å².